The van der Waals surface area contributed by atoms with Gasteiger partial charge in [0.1, 0.15) is 36.0 Å². The Kier molecular flexibility index (Phi) is 8.84. The van der Waals surface area contributed by atoms with Gasteiger partial charge in [-0.1, -0.05) is 13.8 Å². The van der Waals surface area contributed by atoms with Gasteiger partial charge < -0.3 is 30.1 Å². The summed E-state index contributed by atoms with van der Waals surface area (Å²) in [4.78, 5) is 18.1. The van der Waals surface area contributed by atoms with Crippen LogP contribution in [0.1, 0.15) is 25.0 Å². The van der Waals surface area contributed by atoms with Gasteiger partial charge in [0.05, 0.1) is 11.1 Å². The summed E-state index contributed by atoms with van der Waals surface area (Å²) in [7, 11) is 1.55. The van der Waals surface area contributed by atoms with Gasteiger partial charge in [0.2, 0.25) is 0 Å². The van der Waals surface area contributed by atoms with Crippen molar-refractivity contribution in [2.45, 2.75) is 26.9 Å². The van der Waals surface area contributed by atoms with Gasteiger partial charge in [-0.05, 0) is 55.9 Å². The number of hydrogen-bond donors (Lipinski definition) is 3. The lowest BCUT2D eigenvalue weighted by Gasteiger charge is -2.22. The predicted octanol–water partition coefficient (Wildman–Crippen LogP) is 4.04. The van der Waals surface area contributed by atoms with Crippen LogP contribution < -0.4 is 20.1 Å². The van der Waals surface area contributed by atoms with Crippen LogP contribution >= 0.6 is 0 Å². The summed E-state index contributed by atoms with van der Waals surface area (Å²) in [5.41, 5.74) is 2.44. The number of pyridine rings is 1. The minimum Gasteiger partial charge on any atom is -0.489 e. The number of carbonyl (C=O) groups is 1. The number of rotatable bonds is 10. The molecule has 0 unspecified atom stereocenters. The molecule has 0 radical (unpaired) electrons. The fourth-order valence-electron chi connectivity index (χ4n) is 3.61. The van der Waals surface area contributed by atoms with Crippen LogP contribution in [0.5, 0.6) is 17.2 Å². The van der Waals surface area contributed by atoms with Gasteiger partial charge in [-0.3, -0.25) is 4.98 Å². The normalized spacial score (nSPS) is 11.7. The highest BCUT2D eigenvalue weighted by Crippen LogP contribution is 2.34. The van der Waals surface area contributed by atoms with Crippen molar-refractivity contribution in [2.24, 2.45) is 0 Å². The van der Waals surface area contributed by atoms with E-state index in [9.17, 15) is 15.2 Å². The second-order valence-electron chi connectivity index (χ2n) is 8.02. The molecule has 1 atom stereocenters. The number of amides is 2. The number of urea groups is 1. The van der Waals surface area contributed by atoms with E-state index in [0.717, 1.165) is 18.7 Å². The van der Waals surface area contributed by atoms with E-state index in [1.807, 2.05) is 26.8 Å². The highest BCUT2D eigenvalue weighted by Gasteiger charge is 2.15. The largest absolute Gasteiger partial charge is 0.489 e. The molecular formula is C26H31N5O4. The van der Waals surface area contributed by atoms with Gasteiger partial charge in [0, 0.05) is 36.9 Å². The summed E-state index contributed by atoms with van der Waals surface area (Å²) in [6.45, 7) is 8.19. The molecule has 9 heteroatoms. The van der Waals surface area contributed by atoms with Crippen LogP contribution in [0.15, 0.2) is 42.6 Å². The molecule has 0 aliphatic heterocycles. The van der Waals surface area contributed by atoms with Crippen molar-refractivity contribution in [3.8, 4) is 23.3 Å². The molecule has 3 rings (SSSR count). The van der Waals surface area contributed by atoms with Crippen LogP contribution in [0, 0.1) is 18.3 Å². The van der Waals surface area contributed by atoms with Gasteiger partial charge in [-0.15, -0.1) is 0 Å². The molecule has 9 nitrogen and oxygen atoms in total. The number of fused-ring (bicyclic) bond motifs is 1. The van der Waals surface area contributed by atoms with E-state index in [0.29, 0.717) is 45.9 Å². The summed E-state index contributed by atoms with van der Waals surface area (Å²) >= 11 is 0. The average Bonchev–Trinajstić information content (AvgIpc) is 2.87. The molecule has 0 saturated carbocycles. The van der Waals surface area contributed by atoms with Crippen molar-refractivity contribution in [1.82, 2.24) is 15.2 Å². The summed E-state index contributed by atoms with van der Waals surface area (Å²) < 4.78 is 11.9. The Hall–Kier alpha value is -3.87. The van der Waals surface area contributed by atoms with Gasteiger partial charge in [-0.2, -0.15) is 5.26 Å². The zero-order chi connectivity index (χ0) is 25.4. The molecule has 35 heavy (non-hydrogen) atoms. The maximum absolute atomic E-state index is 11.6. The molecule has 3 N–H and O–H groups in total. The molecule has 2 aromatic carbocycles. The molecule has 0 aliphatic rings. The van der Waals surface area contributed by atoms with Crippen molar-refractivity contribution < 1.29 is 19.4 Å². The van der Waals surface area contributed by atoms with Crippen molar-refractivity contribution in [1.29, 1.82) is 5.26 Å². The molecular weight excluding hydrogens is 446 g/mol. The lowest BCUT2D eigenvalue weighted by atomic mass is 10.1. The summed E-state index contributed by atoms with van der Waals surface area (Å²) in [6.07, 6.45) is 0.945. The molecule has 2 amide bonds. The Morgan fingerprint density at radius 3 is 2.63 bits per heavy atom. The number of benzene rings is 2. The number of aryl methyl sites for hydroxylation is 1. The van der Waals surface area contributed by atoms with E-state index in [1.54, 1.807) is 43.6 Å². The Morgan fingerprint density at radius 1 is 1.20 bits per heavy atom. The first-order valence-electron chi connectivity index (χ1n) is 11.5. The third kappa shape index (κ3) is 6.59. The van der Waals surface area contributed by atoms with Crippen LogP contribution in [-0.2, 0) is 0 Å². The number of nitrogens with one attached hydrogen (secondary N) is 2. The van der Waals surface area contributed by atoms with E-state index in [-0.39, 0.29) is 12.6 Å². The first kappa shape index (κ1) is 25.7. The smallest absolute Gasteiger partial charge is 0.318 e. The minimum atomic E-state index is -0.677. The number of aromatic nitrogens is 1. The number of carbonyl (C=O) groups excluding carboxylic acids is 1. The highest BCUT2D eigenvalue weighted by atomic mass is 16.5. The summed E-state index contributed by atoms with van der Waals surface area (Å²) in [6, 6.07) is 12.3. The van der Waals surface area contributed by atoms with Crippen LogP contribution in [0.25, 0.3) is 10.9 Å². The monoisotopic (exact) mass is 477 g/mol. The Balaban J connectivity index is 1.81. The van der Waals surface area contributed by atoms with Crippen molar-refractivity contribution in [3.63, 3.8) is 0 Å². The molecule has 0 bridgehead atoms. The fraction of sp³-hybridized carbons (Fsp3) is 0.346. The number of ether oxygens (including phenoxy) is 2. The number of nitriles is 1. The third-order valence-electron chi connectivity index (χ3n) is 5.62. The van der Waals surface area contributed by atoms with Gasteiger partial charge >= 0.3 is 6.03 Å². The van der Waals surface area contributed by atoms with E-state index in [2.05, 4.69) is 26.6 Å². The van der Waals surface area contributed by atoms with Gasteiger partial charge in [0.15, 0.2) is 0 Å². The number of aliphatic hydroxyl groups is 1. The van der Waals surface area contributed by atoms with E-state index in [1.165, 1.54) is 0 Å². The lowest BCUT2D eigenvalue weighted by molar-refractivity contribution is 0.0716. The molecule has 0 spiro atoms. The molecule has 0 saturated heterocycles. The molecule has 0 fully saturated rings. The first-order chi connectivity index (χ1) is 16.9. The standard InChI is InChI=1S/C26H31N5O4/c1-5-31(6-2)15-19(32)16-34-25-13-23-21(12-18(25)14-27)24(9-10-29-23)35-20-7-8-22(17(3)11-20)30-26(33)28-4/h7-13,19,32H,5-6,15-16H2,1-4H3,(H2,28,30,33)/t19-/m1/s1. The maximum Gasteiger partial charge on any atom is 0.318 e. The van der Waals surface area contributed by atoms with Crippen LogP contribution in [0.4, 0.5) is 10.5 Å². The summed E-state index contributed by atoms with van der Waals surface area (Å²) in [5, 5.41) is 26.0. The SMILES string of the molecule is CCN(CC)C[C@@H](O)COc1cc2nccc(Oc3ccc(NC(=O)NC)c(C)c3)c2cc1C#N. The van der Waals surface area contributed by atoms with Crippen molar-refractivity contribution >= 4 is 22.6 Å². The molecule has 1 aromatic heterocycles. The second kappa shape index (κ2) is 12.0. The van der Waals surface area contributed by atoms with Crippen molar-refractivity contribution in [3.05, 3.63) is 53.7 Å². The number of nitrogens with zero attached hydrogens (tertiary/aromatic N) is 3. The lowest BCUT2D eigenvalue weighted by Crippen LogP contribution is -2.35. The molecule has 1 heterocycles. The number of anilines is 1. The zero-order valence-electron chi connectivity index (χ0n) is 20.5. The minimum absolute atomic E-state index is 0.0720. The van der Waals surface area contributed by atoms with Crippen LogP contribution in [0.3, 0.4) is 0 Å². The summed E-state index contributed by atoms with van der Waals surface area (Å²) in [5.74, 6) is 1.48. The fourth-order valence-corrected chi connectivity index (χ4v) is 3.61. The molecule has 3 aromatic rings. The van der Waals surface area contributed by atoms with E-state index in [4.69, 9.17) is 9.47 Å². The Bertz CT molecular complexity index is 1220. The second-order valence-corrected chi connectivity index (χ2v) is 8.02. The number of hydrogen-bond acceptors (Lipinski definition) is 7. The average molecular weight is 478 g/mol. The third-order valence-corrected chi connectivity index (χ3v) is 5.62. The zero-order valence-corrected chi connectivity index (χ0v) is 20.5. The molecule has 0 aliphatic carbocycles. The quantitative estimate of drug-likeness (QED) is 0.403. The van der Waals surface area contributed by atoms with Gasteiger partial charge in [0.25, 0.3) is 0 Å². The maximum atomic E-state index is 11.6. The Morgan fingerprint density at radius 2 is 1.97 bits per heavy atom. The highest BCUT2D eigenvalue weighted by molar-refractivity contribution is 5.90. The first-order valence-corrected chi connectivity index (χ1v) is 11.5. The van der Waals surface area contributed by atoms with Crippen LogP contribution in [-0.4, -0.2) is 60.4 Å². The molecule has 184 valence electrons. The Labute approximate surface area is 205 Å². The predicted molar refractivity (Wildman–Crippen MR) is 135 cm³/mol. The number of likely N-dealkylation sites (N-methyl/N-ethyl adjacent to an activating group) is 1. The van der Waals surface area contributed by atoms with Gasteiger partial charge in [-0.25, -0.2) is 4.79 Å². The topological polar surface area (TPSA) is 120 Å². The van der Waals surface area contributed by atoms with Crippen molar-refractivity contribution in [2.75, 3.05) is 38.6 Å². The number of aliphatic hydroxyl groups excluding tert-OH is 1. The van der Waals surface area contributed by atoms with E-state index >= 15 is 0 Å². The van der Waals surface area contributed by atoms with E-state index < -0.39 is 6.10 Å². The van der Waals surface area contributed by atoms with Crippen LogP contribution in [0.2, 0.25) is 0 Å².